The van der Waals surface area contributed by atoms with Crippen molar-refractivity contribution < 1.29 is 13.9 Å². The number of nitrogens with one attached hydrogen (secondary N) is 1. The number of fused-ring (bicyclic) bond motifs is 1. The van der Waals surface area contributed by atoms with Gasteiger partial charge in [-0.1, -0.05) is 30.3 Å². The fourth-order valence-corrected chi connectivity index (χ4v) is 2.68. The smallest absolute Gasteiger partial charge is 0.331 e. The number of carbonyl (C=O) groups is 1. The quantitative estimate of drug-likeness (QED) is 0.733. The summed E-state index contributed by atoms with van der Waals surface area (Å²) in [6.45, 7) is 1.93. The molecule has 1 N–H and O–H groups in total. The third-order valence-electron chi connectivity index (χ3n) is 3.81. The van der Waals surface area contributed by atoms with Crippen molar-refractivity contribution in [3.8, 4) is 0 Å². The number of carbonyl (C=O) groups excluding carboxylic acids is 1. The van der Waals surface area contributed by atoms with E-state index in [0.717, 1.165) is 5.56 Å². The molecule has 0 fully saturated rings. The zero-order valence-corrected chi connectivity index (χ0v) is 13.2. The third-order valence-corrected chi connectivity index (χ3v) is 3.81. The van der Waals surface area contributed by atoms with E-state index in [9.17, 15) is 14.0 Å². The van der Waals surface area contributed by atoms with Crippen molar-refractivity contribution in [2.24, 2.45) is 0 Å². The minimum absolute atomic E-state index is 0.216. The lowest BCUT2D eigenvalue weighted by atomic mass is 10.1. The van der Waals surface area contributed by atoms with Crippen LogP contribution < -0.4 is 5.56 Å². The second-order valence-electron chi connectivity index (χ2n) is 5.43. The van der Waals surface area contributed by atoms with E-state index in [1.165, 1.54) is 22.9 Å². The van der Waals surface area contributed by atoms with Gasteiger partial charge in [-0.25, -0.2) is 13.9 Å². The summed E-state index contributed by atoms with van der Waals surface area (Å²) in [6, 6.07) is 12.4. The van der Waals surface area contributed by atoms with Gasteiger partial charge in [0.1, 0.15) is 5.82 Å². The Morgan fingerprint density at radius 3 is 2.71 bits per heavy atom. The van der Waals surface area contributed by atoms with Crippen LogP contribution in [0.15, 0.2) is 53.3 Å². The van der Waals surface area contributed by atoms with Crippen LogP contribution in [-0.2, 0) is 16.0 Å². The van der Waals surface area contributed by atoms with Crippen LogP contribution in [0.5, 0.6) is 0 Å². The number of esters is 1. The van der Waals surface area contributed by atoms with Gasteiger partial charge in [0.2, 0.25) is 0 Å². The molecule has 0 radical (unpaired) electrons. The van der Waals surface area contributed by atoms with Crippen LogP contribution in [-0.4, -0.2) is 22.4 Å². The first-order valence-electron chi connectivity index (χ1n) is 7.70. The van der Waals surface area contributed by atoms with Gasteiger partial charge >= 0.3 is 5.97 Å². The molecule has 0 bridgehead atoms. The van der Waals surface area contributed by atoms with E-state index in [4.69, 9.17) is 4.74 Å². The average molecular weight is 328 g/mol. The molecular weight excluding hydrogens is 311 g/mol. The zero-order chi connectivity index (χ0) is 17.1. The summed E-state index contributed by atoms with van der Waals surface area (Å²) in [5.74, 6) is -0.956. The van der Waals surface area contributed by atoms with Gasteiger partial charge in [-0.3, -0.25) is 9.89 Å². The largest absolute Gasteiger partial charge is 0.464 e. The fraction of sp³-hybridized carbons (Fsp3) is 0.222. The molecule has 6 heteroatoms. The highest BCUT2D eigenvalue weighted by Gasteiger charge is 2.25. The highest BCUT2D eigenvalue weighted by atomic mass is 19.1. The molecule has 0 amide bonds. The number of H-pyrrole nitrogens is 1. The first-order valence-corrected chi connectivity index (χ1v) is 7.70. The minimum Gasteiger partial charge on any atom is -0.464 e. The molecule has 2 aromatic carbocycles. The molecule has 0 aliphatic rings. The fourth-order valence-electron chi connectivity index (χ4n) is 2.68. The van der Waals surface area contributed by atoms with Crippen molar-refractivity contribution in [3.05, 3.63) is 70.3 Å². The van der Waals surface area contributed by atoms with Gasteiger partial charge in [-0.05, 0) is 30.7 Å². The summed E-state index contributed by atoms with van der Waals surface area (Å²) in [4.78, 5) is 24.9. The molecule has 1 heterocycles. The van der Waals surface area contributed by atoms with Gasteiger partial charge < -0.3 is 4.74 Å². The Bertz CT molecular complexity index is 915. The molecule has 5 nitrogen and oxygen atoms in total. The van der Waals surface area contributed by atoms with Gasteiger partial charge in [-0.2, -0.15) is 0 Å². The first kappa shape index (κ1) is 16.0. The van der Waals surface area contributed by atoms with Crippen LogP contribution in [0.4, 0.5) is 4.39 Å². The van der Waals surface area contributed by atoms with Crippen LogP contribution in [0, 0.1) is 5.82 Å². The average Bonchev–Trinajstić information content (AvgIpc) is 2.89. The van der Waals surface area contributed by atoms with E-state index in [2.05, 4.69) is 5.10 Å². The standard InChI is InChI=1S/C18H17FN2O3/c1-2-24-18(23)16(10-12-6-4-3-5-7-12)21-17(22)14-9-8-13(19)11-15(14)20-21/h3-9,11,16,20H,2,10H2,1H3. The van der Waals surface area contributed by atoms with E-state index in [1.807, 2.05) is 30.3 Å². The van der Waals surface area contributed by atoms with Crippen molar-refractivity contribution in [1.82, 2.24) is 9.78 Å². The number of hydrogen-bond donors (Lipinski definition) is 1. The second kappa shape index (κ2) is 6.70. The number of rotatable bonds is 5. The summed E-state index contributed by atoms with van der Waals surface area (Å²) in [5, 5.41) is 3.16. The number of hydrogen-bond acceptors (Lipinski definition) is 3. The van der Waals surface area contributed by atoms with Gasteiger partial charge in [0.15, 0.2) is 6.04 Å². The number of aromatic amines is 1. The molecule has 0 aliphatic carbocycles. The van der Waals surface area contributed by atoms with Crippen molar-refractivity contribution in [2.75, 3.05) is 6.61 Å². The summed E-state index contributed by atoms with van der Waals surface area (Å²) >= 11 is 0. The Labute approximate surface area is 137 Å². The van der Waals surface area contributed by atoms with Crippen molar-refractivity contribution in [1.29, 1.82) is 0 Å². The normalized spacial score (nSPS) is 12.2. The number of benzene rings is 2. The molecule has 3 aromatic rings. The summed E-state index contributed by atoms with van der Waals surface area (Å²) < 4.78 is 19.7. The van der Waals surface area contributed by atoms with E-state index in [0.29, 0.717) is 17.3 Å². The van der Waals surface area contributed by atoms with Crippen molar-refractivity contribution in [2.45, 2.75) is 19.4 Å². The molecule has 24 heavy (non-hydrogen) atoms. The number of nitrogens with zero attached hydrogens (tertiary/aromatic N) is 1. The number of aromatic nitrogens is 2. The first-order chi connectivity index (χ1) is 11.6. The SMILES string of the molecule is CCOC(=O)C(Cc1ccccc1)n1[nH]c2cc(F)ccc2c1=O. The molecular formula is C18H17FN2O3. The van der Waals surface area contributed by atoms with E-state index in [1.54, 1.807) is 6.92 Å². The van der Waals surface area contributed by atoms with E-state index >= 15 is 0 Å². The Kier molecular flexibility index (Phi) is 4.46. The Morgan fingerprint density at radius 1 is 1.25 bits per heavy atom. The molecule has 1 atom stereocenters. The van der Waals surface area contributed by atoms with Crippen LogP contribution >= 0.6 is 0 Å². The van der Waals surface area contributed by atoms with Gasteiger partial charge in [0.05, 0.1) is 17.5 Å². The molecule has 1 aromatic heterocycles. The van der Waals surface area contributed by atoms with Crippen LogP contribution in [0.1, 0.15) is 18.5 Å². The van der Waals surface area contributed by atoms with Crippen LogP contribution in [0.3, 0.4) is 0 Å². The van der Waals surface area contributed by atoms with Gasteiger partial charge in [0, 0.05) is 6.42 Å². The van der Waals surface area contributed by atoms with Crippen molar-refractivity contribution in [3.63, 3.8) is 0 Å². The van der Waals surface area contributed by atoms with E-state index < -0.39 is 17.8 Å². The summed E-state index contributed by atoms with van der Waals surface area (Å²) in [6.07, 6.45) is 0.300. The molecule has 0 aliphatic heterocycles. The molecule has 124 valence electrons. The monoisotopic (exact) mass is 328 g/mol. The highest BCUT2D eigenvalue weighted by Crippen LogP contribution is 2.17. The predicted octanol–water partition coefficient (Wildman–Crippen LogP) is 2.82. The molecule has 0 spiro atoms. The highest BCUT2D eigenvalue weighted by molar-refractivity contribution is 5.80. The maximum absolute atomic E-state index is 13.4. The van der Waals surface area contributed by atoms with Crippen LogP contribution in [0.2, 0.25) is 0 Å². The molecule has 0 saturated heterocycles. The maximum atomic E-state index is 13.4. The molecule has 0 saturated carbocycles. The van der Waals surface area contributed by atoms with E-state index in [-0.39, 0.29) is 12.2 Å². The Hall–Kier alpha value is -2.89. The van der Waals surface area contributed by atoms with Crippen LogP contribution in [0.25, 0.3) is 10.9 Å². The zero-order valence-electron chi connectivity index (χ0n) is 13.2. The van der Waals surface area contributed by atoms with Gasteiger partial charge in [0.25, 0.3) is 5.56 Å². The maximum Gasteiger partial charge on any atom is 0.331 e. The molecule has 3 rings (SSSR count). The topological polar surface area (TPSA) is 64.1 Å². The summed E-state index contributed by atoms with van der Waals surface area (Å²) in [7, 11) is 0. The predicted molar refractivity (Wildman–Crippen MR) is 88.3 cm³/mol. The van der Waals surface area contributed by atoms with Gasteiger partial charge in [-0.15, -0.1) is 0 Å². The third kappa shape index (κ3) is 3.08. The molecule has 1 unspecified atom stereocenters. The summed E-state index contributed by atoms with van der Waals surface area (Å²) in [5.41, 5.74) is 0.869. The second-order valence-corrected chi connectivity index (χ2v) is 5.43. The number of halogens is 1. The lowest BCUT2D eigenvalue weighted by molar-refractivity contribution is -0.147. The number of ether oxygens (including phenoxy) is 1. The Morgan fingerprint density at radius 2 is 2.00 bits per heavy atom. The lowest BCUT2D eigenvalue weighted by Gasteiger charge is -2.16. The lowest BCUT2D eigenvalue weighted by Crippen LogP contribution is -2.31. The minimum atomic E-state index is -0.838. The Balaban J connectivity index is 2.06. The van der Waals surface area contributed by atoms with Crippen molar-refractivity contribution >= 4 is 16.9 Å².